The second-order valence-electron chi connectivity index (χ2n) is 6.33. The van der Waals surface area contributed by atoms with Crippen LogP contribution in [-0.4, -0.2) is 22.6 Å². The number of hydrogen-bond donors (Lipinski definition) is 1. The van der Waals surface area contributed by atoms with Gasteiger partial charge < -0.3 is 5.11 Å². The summed E-state index contributed by atoms with van der Waals surface area (Å²) in [6.07, 6.45) is 6.42. The van der Waals surface area contributed by atoms with Gasteiger partial charge in [-0.15, -0.1) is 0 Å². The minimum Gasteiger partial charge on any atom is -0.508 e. The molecule has 1 fully saturated rings. The molecule has 3 heteroatoms. The molecule has 1 aromatic carbocycles. The number of phenolic OH excluding ortho intramolecular Hbond substituents is 1. The predicted molar refractivity (Wildman–Crippen MR) is 85.2 cm³/mol. The molecule has 0 saturated heterocycles. The lowest BCUT2D eigenvalue weighted by molar-refractivity contribution is 0.178. The first-order valence-corrected chi connectivity index (χ1v) is 8.16. The topological polar surface area (TPSA) is 23.5 Å². The van der Waals surface area contributed by atoms with Crippen LogP contribution >= 0.6 is 11.6 Å². The summed E-state index contributed by atoms with van der Waals surface area (Å²) in [6, 6.07) is 6.06. The molecule has 0 unspecified atom stereocenters. The van der Waals surface area contributed by atoms with Crippen LogP contribution in [0.1, 0.15) is 51.5 Å². The molecule has 2 nitrogen and oxygen atoms in total. The van der Waals surface area contributed by atoms with Crippen molar-refractivity contribution in [2.24, 2.45) is 5.92 Å². The van der Waals surface area contributed by atoms with Gasteiger partial charge in [0.2, 0.25) is 0 Å². The van der Waals surface area contributed by atoms with Gasteiger partial charge in [0.1, 0.15) is 5.75 Å². The lowest BCUT2D eigenvalue weighted by Gasteiger charge is -2.30. The number of halogens is 1. The molecule has 0 aliphatic heterocycles. The van der Waals surface area contributed by atoms with E-state index in [0.717, 1.165) is 18.7 Å². The zero-order chi connectivity index (χ0) is 14.5. The molecule has 0 spiro atoms. The minimum atomic E-state index is 0.324. The molecular weight excluding hydrogens is 270 g/mol. The normalized spacial score (nSPS) is 16.4. The van der Waals surface area contributed by atoms with Crippen molar-refractivity contribution in [2.45, 2.75) is 58.5 Å². The van der Waals surface area contributed by atoms with Gasteiger partial charge >= 0.3 is 0 Å². The van der Waals surface area contributed by atoms with E-state index in [4.69, 9.17) is 11.6 Å². The quantitative estimate of drug-likeness (QED) is 0.812. The fourth-order valence-corrected chi connectivity index (χ4v) is 3.22. The summed E-state index contributed by atoms with van der Waals surface area (Å²) in [7, 11) is 0. The molecule has 112 valence electrons. The Hall–Kier alpha value is -0.730. The summed E-state index contributed by atoms with van der Waals surface area (Å²) in [5, 5.41) is 10.7. The van der Waals surface area contributed by atoms with Crippen molar-refractivity contribution in [3.05, 3.63) is 28.8 Å². The molecule has 2 rings (SSSR count). The van der Waals surface area contributed by atoms with E-state index in [1.54, 1.807) is 12.1 Å². The summed E-state index contributed by atoms with van der Waals surface area (Å²) in [6.45, 7) is 6.38. The number of nitrogens with zero attached hydrogens (tertiary/aromatic N) is 1. The van der Waals surface area contributed by atoms with E-state index in [1.807, 2.05) is 6.07 Å². The molecule has 0 amide bonds. The number of aromatic hydroxyl groups is 1. The number of hydrogen-bond acceptors (Lipinski definition) is 2. The van der Waals surface area contributed by atoms with Crippen LogP contribution < -0.4 is 0 Å². The highest BCUT2D eigenvalue weighted by Crippen LogP contribution is 2.31. The third-order valence-corrected chi connectivity index (χ3v) is 4.64. The summed E-state index contributed by atoms with van der Waals surface area (Å²) in [5.41, 5.74) is 0.879. The van der Waals surface area contributed by atoms with E-state index in [2.05, 4.69) is 18.7 Å². The lowest BCUT2D eigenvalue weighted by Crippen LogP contribution is -2.34. The van der Waals surface area contributed by atoms with Crippen molar-refractivity contribution in [3.8, 4) is 5.75 Å². The van der Waals surface area contributed by atoms with Gasteiger partial charge in [0, 0.05) is 23.2 Å². The highest BCUT2D eigenvalue weighted by atomic mass is 35.5. The van der Waals surface area contributed by atoms with Crippen LogP contribution in [0.5, 0.6) is 5.75 Å². The van der Waals surface area contributed by atoms with Crippen LogP contribution in [0.3, 0.4) is 0 Å². The van der Waals surface area contributed by atoms with Crippen molar-refractivity contribution < 1.29 is 5.11 Å². The van der Waals surface area contributed by atoms with Crippen molar-refractivity contribution in [1.29, 1.82) is 0 Å². The Balaban J connectivity index is 2.09. The molecule has 1 aliphatic carbocycles. The average molecular weight is 296 g/mol. The maximum absolute atomic E-state index is 10.0. The number of rotatable bonds is 6. The maximum Gasteiger partial charge on any atom is 0.121 e. The largest absolute Gasteiger partial charge is 0.508 e. The van der Waals surface area contributed by atoms with Crippen molar-refractivity contribution in [3.63, 3.8) is 0 Å². The van der Waals surface area contributed by atoms with Gasteiger partial charge in [-0.1, -0.05) is 44.4 Å². The molecule has 0 atom stereocenters. The number of benzene rings is 1. The van der Waals surface area contributed by atoms with Crippen LogP contribution in [0.2, 0.25) is 5.02 Å². The predicted octanol–water partition coefficient (Wildman–Crippen LogP) is 4.84. The van der Waals surface area contributed by atoms with E-state index >= 15 is 0 Å². The molecule has 0 bridgehead atoms. The van der Waals surface area contributed by atoms with Gasteiger partial charge in [-0.25, -0.2) is 0 Å². The molecular formula is C17H26ClNO. The molecule has 0 aromatic heterocycles. The second kappa shape index (κ2) is 7.33. The molecule has 20 heavy (non-hydrogen) atoms. The Bertz CT molecular complexity index is 407. The van der Waals surface area contributed by atoms with E-state index < -0.39 is 0 Å². The summed E-state index contributed by atoms with van der Waals surface area (Å²) in [5.74, 6) is 1.03. The Morgan fingerprint density at radius 3 is 2.60 bits per heavy atom. The van der Waals surface area contributed by atoms with Crippen LogP contribution in [0.15, 0.2) is 18.2 Å². The van der Waals surface area contributed by atoms with E-state index in [9.17, 15) is 5.11 Å². The molecule has 0 heterocycles. The molecule has 1 N–H and O–H groups in total. The third kappa shape index (κ3) is 4.13. The zero-order valence-electron chi connectivity index (χ0n) is 12.6. The lowest BCUT2D eigenvalue weighted by atomic mass is 10.1. The first-order valence-electron chi connectivity index (χ1n) is 7.78. The zero-order valence-corrected chi connectivity index (χ0v) is 13.4. The maximum atomic E-state index is 10.0. The summed E-state index contributed by atoms with van der Waals surface area (Å²) < 4.78 is 0. The summed E-state index contributed by atoms with van der Waals surface area (Å²) >= 11 is 6.26. The Labute approximate surface area is 127 Å². The fourth-order valence-electron chi connectivity index (χ4n) is 2.99. The Morgan fingerprint density at radius 2 is 2.00 bits per heavy atom. The molecule has 1 saturated carbocycles. The van der Waals surface area contributed by atoms with Crippen LogP contribution in [0.25, 0.3) is 0 Å². The van der Waals surface area contributed by atoms with Crippen LogP contribution in [-0.2, 0) is 6.54 Å². The standard InChI is InChI=1S/C17H26ClNO/c1-13(2)10-11-19(14-6-3-4-7-14)12-15-16(18)8-5-9-17(15)20/h5,8-9,13-14,20H,3-4,6-7,10-12H2,1-2H3. The Morgan fingerprint density at radius 1 is 1.30 bits per heavy atom. The second-order valence-corrected chi connectivity index (χ2v) is 6.74. The van der Waals surface area contributed by atoms with Gasteiger partial charge in [0.05, 0.1) is 0 Å². The molecule has 1 aromatic rings. The van der Waals surface area contributed by atoms with E-state index in [1.165, 1.54) is 32.1 Å². The first kappa shape index (κ1) is 15.7. The third-order valence-electron chi connectivity index (χ3n) is 4.29. The monoisotopic (exact) mass is 295 g/mol. The molecule has 1 aliphatic rings. The first-order chi connectivity index (χ1) is 9.58. The highest BCUT2D eigenvalue weighted by Gasteiger charge is 2.24. The van der Waals surface area contributed by atoms with E-state index in [-0.39, 0.29) is 0 Å². The summed E-state index contributed by atoms with van der Waals surface area (Å²) in [4.78, 5) is 2.52. The van der Waals surface area contributed by atoms with Gasteiger partial charge in [-0.05, 0) is 43.9 Å². The van der Waals surface area contributed by atoms with Crippen LogP contribution in [0, 0.1) is 5.92 Å². The van der Waals surface area contributed by atoms with Gasteiger partial charge in [0.25, 0.3) is 0 Å². The fraction of sp³-hybridized carbons (Fsp3) is 0.647. The smallest absolute Gasteiger partial charge is 0.121 e. The Kier molecular flexibility index (Phi) is 5.74. The van der Waals surface area contributed by atoms with Crippen molar-refractivity contribution in [1.82, 2.24) is 4.90 Å². The van der Waals surface area contributed by atoms with Gasteiger partial charge in [0.15, 0.2) is 0 Å². The number of phenols is 1. The van der Waals surface area contributed by atoms with Gasteiger partial charge in [-0.3, -0.25) is 4.90 Å². The van der Waals surface area contributed by atoms with Crippen molar-refractivity contribution >= 4 is 11.6 Å². The average Bonchev–Trinajstić information content (AvgIpc) is 2.91. The minimum absolute atomic E-state index is 0.324. The van der Waals surface area contributed by atoms with Crippen LogP contribution in [0.4, 0.5) is 0 Å². The highest BCUT2D eigenvalue weighted by molar-refractivity contribution is 6.31. The SMILES string of the molecule is CC(C)CCN(Cc1c(O)cccc1Cl)C1CCCC1. The van der Waals surface area contributed by atoms with Gasteiger partial charge in [-0.2, -0.15) is 0 Å². The van der Waals surface area contributed by atoms with E-state index in [0.29, 0.717) is 22.7 Å². The van der Waals surface area contributed by atoms with Crippen molar-refractivity contribution in [2.75, 3.05) is 6.54 Å². The molecule has 0 radical (unpaired) electrons.